The first kappa shape index (κ1) is 19.4. The smallest absolute Gasteiger partial charge is 0.305 e. The minimum absolute atomic E-state index is 0.0247. The number of rotatable bonds is 5. The van der Waals surface area contributed by atoms with Gasteiger partial charge in [-0.1, -0.05) is 20.8 Å². The van der Waals surface area contributed by atoms with Gasteiger partial charge in [-0.3, -0.25) is 14.4 Å². The average Bonchev–Trinajstić information content (AvgIpc) is 2.43. The molecule has 0 N–H and O–H groups in total. The molecule has 0 amide bonds. The molecule has 1 fully saturated rings. The summed E-state index contributed by atoms with van der Waals surface area (Å²) in [6.07, 6.45) is -1.92. The second kappa shape index (κ2) is 8.29. The van der Waals surface area contributed by atoms with Crippen LogP contribution in [-0.2, 0) is 33.3 Å². The van der Waals surface area contributed by atoms with E-state index in [-0.39, 0.29) is 36.4 Å². The van der Waals surface area contributed by atoms with Gasteiger partial charge < -0.3 is 18.9 Å². The van der Waals surface area contributed by atoms with Crippen LogP contribution in [0.25, 0.3) is 0 Å². The molecule has 23 heavy (non-hydrogen) atoms. The minimum atomic E-state index is -0.965. The average molecular weight is 330 g/mol. The lowest BCUT2D eigenvalue weighted by molar-refractivity contribution is -0.275. The first-order valence-corrected chi connectivity index (χ1v) is 7.76. The summed E-state index contributed by atoms with van der Waals surface area (Å²) in [6, 6.07) is 0. The Balaban J connectivity index is 2.89. The molecule has 0 saturated carbocycles. The standard InChI is InChI=1S/C16H26O7/c1-8(7-20-11(4)17)14-9(2)10(3)15(21-12(5)18)16(23-14)22-13(6)19/h8-10,14-16H,7H2,1-6H3/t8-,9+,10+,14?,15?,16?/m1/s1. The fourth-order valence-corrected chi connectivity index (χ4v) is 2.81. The van der Waals surface area contributed by atoms with Gasteiger partial charge in [0.2, 0.25) is 6.29 Å². The normalized spacial score (nSPS) is 31.8. The van der Waals surface area contributed by atoms with Crippen molar-refractivity contribution in [2.75, 3.05) is 6.61 Å². The first-order valence-electron chi connectivity index (χ1n) is 7.76. The molecular weight excluding hydrogens is 304 g/mol. The molecule has 3 unspecified atom stereocenters. The highest BCUT2D eigenvalue weighted by atomic mass is 16.7. The topological polar surface area (TPSA) is 88.1 Å². The number of esters is 3. The third kappa shape index (κ3) is 5.49. The van der Waals surface area contributed by atoms with Gasteiger partial charge in [-0.25, -0.2) is 0 Å². The summed E-state index contributed by atoms with van der Waals surface area (Å²) in [6.45, 7) is 9.92. The van der Waals surface area contributed by atoms with Crippen LogP contribution in [0.4, 0.5) is 0 Å². The van der Waals surface area contributed by atoms with Crippen molar-refractivity contribution in [1.29, 1.82) is 0 Å². The molecule has 132 valence electrons. The Labute approximate surface area is 136 Å². The summed E-state index contributed by atoms with van der Waals surface area (Å²) >= 11 is 0. The molecule has 0 spiro atoms. The summed E-state index contributed by atoms with van der Waals surface area (Å²) in [7, 11) is 0. The molecule has 1 rings (SSSR count). The van der Waals surface area contributed by atoms with Gasteiger partial charge in [0.25, 0.3) is 0 Å². The number of ether oxygens (including phenoxy) is 4. The van der Waals surface area contributed by atoms with Crippen LogP contribution in [0.1, 0.15) is 41.5 Å². The molecule has 7 nitrogen and oxygen atoms in total. The maximum Gasteiger partial charge on any atom is 0.305 e. The van der Waals surface area contributed by atoms with Crippen molar-refractivity contribution in [3.05, 3.63) is 0 Å². The van der Waals surface area contributed by atoms with E-state index in [9.17, 15) is 14.4 Å². The van der Waals surface area contributed by atoms with Crippen molar-refractivity contribution < 1.29 is 33.3 Å². The maximum atomic E-state index is 11.3. The largest absolute Gasteiger partial charge is 0.465 e. The zero-order valence-electron chi connectivity index (χ0n) is 14.5. The van der Waals surface area contributed by atoms with Crippen LogP contribution in [0.15, 0.2) is 0 Å². The highest BCUT2D eigenvalue weighted by Gasteiger charge is 2.46. The predicted molar refractivity (Wildman–Crippen MR) is 80.1 cm³/mol. The van der Waals surface area contributed by atoms with E-state index >= 15 is 0 Å². The number of hydrogen-bond acceptors (Lipinski definition) is 7. The molecule has 0 aromatic rings. The van der Waals surface area contributed by atoms with Crippen molar-refractivity contribution in [2.45, 2.75) is 60.0 Å². The van der Waals surface area contributed by atoms with Gasteiger partial charge in [0.05, 0.1) is 12.7 Å². The summed E-state index contributed by atoms with van der Waals surface area (Å²) in [5.41, 5.74) is 0. The Morgan fingerprint density at radius 2 is 1.52 bits per heavy atom. The Bertz CT molecular complexity index is 448. The van der Waals surface area contributed by atoms with Crippen LogP contribution in [0, 0.1) is 17.8 Å². The van der Waals surface area contributed by atoms with Crippen molar-refractivity contribution in [3.8, 4) is 0 Å². The maximum absolute atomic E-state index is 11.3. The predicted octanol–water partition coefficient (Wildman–Crippen LogP) is 1.68. The van der Waals surface area contributed by atoms with Gasteiger partial charge in [-0.15, -0.1) is 0 Å². The first-order chi connectivity index (χ1) is 10.6. The second-order valence-electron chi connectivity index (χ2n) is 6.15. The lowest BCUT2D eigenvalue weighted by Gasteiger charge is -2.45. The van der Waals surface area contributed by atoms with Crippen molar-refractivity contribution >= 4 is 17.9 Å². The Morgan fingerprint density at radius 1 is 0.957 bits per heavy atom. The van der Waals surface area contributed by atoms with Crippen LogP contribution in [0.3, 0.4) is 0 Å². The Hall–Kier alpha value is -1.63. The number of hydrogen-bond donors (Lipinski definition) is 0. The summed E-state index contributed by atoms with van der Waals surface area (Å²) in [5.74, 6) is -1.48. The molecular formula is C16H26O7. The summed E-state index contributed by atoms with van der Waals surface area (Å²) in [4.78, 5) is 33.6. The second-order valence-corrected chi connectivity index (χ2v) is 6.15. The third-order valence-electron chi connectivity index (χ3n) is 4.12. The van der Waals surface area contributed by atoms with Gasteiger partial charge in [0, 0.05) is 32.6 Å². The van der Waals surface area contributed by atoms with Crippen molar-refractivity contribution in [3.63, 3.8) is 0 Å². The molecule has 0 bridgehead atoms. The van der Waals surface area contributed by atoms with E-state index in [0.29, 0.717) is 0 Å². The SMILES string of the molecule is CC(=O)OC[C@@H](C)C1OC(OC(C)=O)C(OC(C)=O)[C@@H](C)[C@@H]1C. The van der Waals surface area contributed by atoms with Gasteiger partial charge in [0.15, 0.2) is 6.10 Å². The van der Waals surface area contributed by atoms with Gasteiger partial charge in [-0.05, 0) is 5.92 Å². The molecule has 0 aliphatic carbocycles. The van der Waals surface area contributed by atoms with Gasteiger partial charge >= 0.3 is 17.9 Å². The molecule has 0 aromatic carbocycles. The number of carbonyl (C=O) groups excluding carboxylic acids is 3. The van der Waals surface area contributed by atoms with E-state index in [1.165, 1.54) is 20.8 Å². The van der Waals surface area contributed by atoms with E-state index in [0.717, 1.165) is 0 Å². The van der Waals surface area contributed by atoms with E-state index in [1.54, 1.807) is 0 Å². The Morgan fingerprint density at radius 3 is 2.00 bits per heavy atom. The molecule has 0 aromatic heterocycles. The van der Waals surface area contributed by atoms with Crippen LogP contribution >= 0.6 is 0 Å². The van der Waals surface area contributed by atoms with Crippen LogP contribution in [0.5, 0.6) is 0 Å². The van der Waals surface area contributed by atoms with Crippen LogP contribution in [0.2, 0.25) is 0 Å². The van der Waals surface area contributed by atoms with E-state index < -0.39 is 24.3 Å². The molecule has 1 aliphatic heterocycles. The summed E-state index contributed by atoms with van der Waals surface area (Å²) < 4.78 is 21.4. The van der Waals surface area contributed by atoms with Gasteiger partial charge in [-0.2, -0.15) is 0 Å². The highest BCUT2D eigenvalue weighted by molar-refractivity contribution is 5.67. The van der Waals surface area contributed by atoms with Crippen LogP contribution in [-0.4, -0.2) is 43.0 Å². The van der Waals surface area contributed by atoms with Crippen LogP contribution < -0.4 is 0 Å². The fraction of sp³-hybridized carbons (Fsp3) is 0.812. The highest BCUT2D eigenvalue weighted by Crippen LogP contribution is 2.36. The zero-order chi connectivity index (χ0) is 17.7. The molecule has 1 saturated heterocycles. The fourth-order valence-electron chi connectivity index (χ4n) is 2.81. The Kier molecular flexibility index (Phi) is 7.00. The molecule has 0 radical (unpaired) electrons. The minimum Gasteiger partial charge on any atom is -0.465 e. The molecule has 1 aliphatic rings. The quantitative estimate of drug-likeness (QED) is 0.559. The van der Waals surface area contributed by atoms with E-state index in [1.807, 2.05) is 20.8 Å². The monoisotopic (exact) mass is 330 g/mol. The van der Waals surface area contributed by atoms with Gasteiger partial charge in [0.1, 0.15) is 0 Å². The zero-order valence-corrected chi connectivity index (χ0v) is 14.5. The lowest BCUT2D eigenvalue weighted by atomic mass is 9.79. The molecule has 7 heteroatoms. The third-order valence-corrected chi connectivity index (χ3v) is 4.12. The number of carbonyl (C=O) groups is 3. The van der Waals surface area contributed by atoms with Crippen molar-refractivity contribution in [1.82, 2.24) is 0 Å². The summed E-state index contributed by atoms with van der Waals surface area (Å²) in [5, 5.41) is 0. The van der Waals surface area contributed by atoms with E-state index in [2.05, 4.69) is 0 Å². The molecule has 6 atom stereocenters. The lowest BCUT2D eigenvalue weighted by Crippen LogP contribution is -2.54. The van der Waals surface area contributed by atoms with Crippen molar-refractivity contribution in [2.24, 2.45) is 17.8 Å². The van der Waals surface area contributed by atoms with E-state index in [4.69, 9.17) is 18.9 Å². The molecule has 1 heterocycles.